The molecule has 0 aliphatic carbocycles. The van der Waals surface area contributed by atoms with E-state index >= 15 is 0 Å². The van der Waals surface area contributed by atoms with E-state index in [2.05, 4.69) is 25.9 Å². The van der Waals surface area contributed by atoms with Gasteiger partial charge in [0.1, 0.15) is 11.3 Å². The van der Waals surface area contributed by atoms with Crippen molar-refractivity contribution in [1.82, 2.24) is 15.2 Å². The Bertz CT molecular complexity index is 1520. The fourth-order valence-corrected chi connectivity index (χ4v) is 6.45. The number of nitrogens with zero attached hydrogens (tertiary/aromatic N) is 3. The van der Waals surface area contributed by atoms with Gasteiger partial charge in [0.15, 0.2) is 5.13 Å². The largest absolute Gasteiger partial charge is 0.494 e. The number of carbonyl (C=O) groups is 1. The van der Waals surface area contributed by atoms with E-state index in [9.17, 15) is 13.2 Å². The lowest BCUT2D eigenvalue weighted by molar-refractivity contribution is 0.0948. The molecule has 1 aliphatic rings. The second-order valence-corrected chi connectivity index (χ2v) is 11.6. The van der Waals surface area contributed by atoms with Crippen LogP contribution in [0.5, 0.6) is 5.75 Å². The van der Waals surface area contributed by atoms with Crippen LogP contribution in [0.15, 0.2) is 77.7 Å². The van der Waals surface area contributed by atoms with E-state index in [4.69, 9.17) is 9.72 Å². The molecule has 4 aromatic rings. The molecule has 0 spiro atoms. The van der Waals surface area contributed by atoms with Crippen molar-refractivity contribution in [1.29, 1.82) is 0 Å². The number of aromatic nitrogens is 1. The van der Waals surface area contributed by atoms with Crippen molar-refractivity contribution in [3.63, 3.8) is 0 Å². The summed E-state index contributed by atoms with van der Waals surface area (Å²) < 4.78 is 34.3. The van der Waals surface area contributed by atoms with Crippen LogP contribution < -0.4 is 19.7 Å². The summed E-state index contributed by atoms with van der Waals surface area (Å²) >= 11 is 1.67. The first-order valence-corrected chi connectivity index (χ1v) is 14.6. The number of para-hydroxylation sites is 1. The molecule has 1 amide bonds. The summed E-state index contributed by atoms with van der Waals surface area (Å²) in [6.45, 7) is 4.70. The Balaban J connectivity index is 1.10. The van der Waals surface area contributed by atoms with Crippen LogP contribution in [0, 0.1) is 0 Å². The Kier molecular flexibility index (Phi) is 7.77. The molecule has 0 radical (unpaired) electrons. The highest BCUT2D eigenvalue weighted by Gasteiger charge is 2.21. The Morgan fingerprint density at radius 2 is 1.76 bits per heavy atom. The van der Waals surface area contributed by atoms with Gasteiger partial charge in [-0.25, -0.2) is 13.4 Å². The van der Waals surface area contributed by atoms with Gasteiger partial charge in [0.05, 0.1) is 16.7 Å². The highest BCUT2D eigenvalue weighted by molar-refractivity contribution is 7.92. The average molecular weight is 552 g/mol. The summed E-state index contributed by atoms with van der Waals surface area (Å²) in [6.07, 6.45) is 0. The molecule has 9 nitrogen and oxygen atoms in total. The molecule has 2 heterocycles. The van der Waals surface area contributed by atoms with Crippen molar-refractivity contribution in [3.8, 4) is 5.75 Å². The molecule has 0 bridgehead atoms. The fourth-order valence-electron chi connectivity index (χ4n) is 4.34. The molecular formula is C27H29N5O4S2. The maximum atomic E-state index is 12.7. The van der Waals surface area contributed by atoms with Crippen LogP contribution in [-0.2, 0) is 10.0 Å². The van der Waals surface area contributed by atoms with Gasteiger partial charge >= 0.3 is 0 Å². The van der Waals surface area contributed by atoms with Gasteiger partial charge in [-0.1, -0.05) is 41.7 Å². The van der Waals surface area contributed by atoms with Crippen LogP contribution in [0.1, 0.15) is 10.4 Å². The second kappa shape index (κ2) is 11.4. The number of hydrogen-bond acceptors (Lipinski definition) is 8. The van der Waals surface area contributed by atoms with Gasteiger partial charge in [0.25, 0.3) is 15.9 Å². The third-order valence-electron chi connectivity index (χ3n) is 6.38. The van der Waals surface area contributed by atoms with E-state index in [1.54, 1.807) is 60.9 Å². The molecule has 198 valence electrons. The summed E-state index contributed by atoms with van der Waals surface area (Å²) in [4.78, 5) is 22.3. The number of anilines is 2. The molecule has 2 N–H and O–H groups in total. The molecule has 0 saturated carbocycles. The minimum Gasteiger partial charge on any atom is -0.494 e. The van der Waals surface area contributed by atoms with Gasteiger partial charge in [0.2, 0.25) is 0 Å². The van der Waals surface area contributed by atoms with Crippen molar-refractivity contribution >= 4 is 48.3 Å². The third-order valence-corrected chi connectivity index (χ3v) is 8.86. The van der Waals surface area contributed by atoms with Crippen LogP contribution in [0.3, 0.4) is 0 Å². The maximum Gasteiger partial charge on any atom is 0.261 e. The first-order chi connectivity index (χ1) is 18.4. The average Bonchev–Trinajstić information content (AvgIpc) is 3.38. The van der Waals surface area contributed by atoms with E-state index in [1.807, 2.05) is 12.1 Å². The molecule has 0 atom stereocenters. The molecule has 38 heavy (non-hydrogen) atoms. The number of carbonyl (C=O) groups excluding carboxylic acids is 1. The zero-order chi connectivity index (χ0) is 26.5. The van der Waals surface area contributed by atoms with Crippen LogP contribution in [0.4, 0.5) is 10.8 Å². The molecule has 1 aromatic heterocycles. The number of amides is 1. The second-order valence-electron chi connectivity index (χ2n) is 8.89. The summed E-state index contributed by atoms with van der Waals surface area (Å²) in [6, 6.07) is 20.6. The Morgan fingerprint density at radius 3 is 2.53 bits per heavy atom. The lowest BCUT2D eigenvalue weighted by Gasteiger charge is -2.34. The van der Waals surface area contributed by atoms with E-state index in [1.165, 1.54) is 12.1 Å². The number of thiazole rings is 1. The Labute approximate surface area is 226 Å². The van der Waals surface area contributed by atoms with Gasteiger partial charge in [-0.15, -0.1) is 0 Å². The van der Waals surface area contributed by atoms with Gasteiger partial charge in [-0.3, -0.25) is 14.4 Å². The Morgan fingerprint density at radius 1 is 1.00 bits per heavy atom. The highest BCUT2D eigenvalue weighted by Crippen LogP contribution is 2.34. The van der Waals surface area contributed by atoms with E-state index < -0.39 is 10.0 Å². The smallest absolute Gasteiger partial charge is 0.261 e. The molecule has 5 rings (SSSR count). The quantitative estimate of drug-likeness (QED) is 0.327. The molecule has 0 unspecified atom stereocenters. The van der Waals surface area contributed by atoms with Gasteiger partial charge in [-0.2, -0.15) is 0 Å². The number of nitrogens with one attached hydrogen (secondary N) is 2. The van der Waals surface area contributed by atoms with Gasteiger partial charge < -0.3 is 15.0 Å². The summed E-state index contributed by atoms with van der Waals surface area (Å²) in [5.41, 5.74) is 1.64. The number of methoxy groups -OCH3 is 1. The topological polar surface area (TPSA) is 104 Å². The standard InChI is InChI=1S/C27H29N5O4S2/c1-36-23-11-6-12-24-25(23)29-27(37-24)32-17-15-31(16-18-32)14-13-28-26(33)20-7-5-8-21(19-20)30-38(34,35)22-9-3-2-4-10-22/h2-12,19,30H,13-18H2,1H3,(H,28,33). The Hall–Kier alpha value is -3.67. The van der Waals surface area contributed by atoms with E-state index in [0.29, 0.717) is 17.8 Å². The summed E-state index contributed by atoms with van der Waals surface area (Å²) in [5.74, 6) is 0.548. The molecule has 1 aliphatic heterocycles. The number of piperazine rings is 1. The summed E-state index contributed by atoms with van der Waals surface area (Å²) in [7, 11) is -2.06. The number of hydrogen-bond donors (Lipinski definition) is 2. The first kappa shape index (κ1) is 26.0. The molecule has 3 aromatic carbocycles. The lowest BCUT2D eigenvalue weighted by Crippen LogP contribution is -2.48. The predicted octanol–water partition coefficient (Wildman–Crippen LogP) is 3.66. The van der Waals surface area contributed by atoms with Crippen LogP contribution >= 0.6 is 11.3 Å². The number of benzene rings is 3. The number of fused-ring (bicyclic) bond motifs is 1. The van der Waals surface area contributed by atoms with Crippen LogP contribution in [0.2, 0.25) is 0 Å². The minimum absolute atomic E-state index is 0.165. The molecule has 1 fully saturated rings. The zero-order valence-electron chi connectivity index (χ0n) is 21.0. The fraction of sp³-hybridized carbons (Fsp3) is 0.259. The van der Waals surface area contributed by atoms with Crippen molar-refractivity contribution in [3.05, 3.63) is 78.4 Å². The highest BCUT2D eigenvalue weighted by atomic mass is 32.2. The number of ether oxygens (including phenoxy) is 1. The molecular weight excluding hydrogens is 522 g/mol. The lowest BCUT2D eigenvalue weighted by atomic mass is 10.2. The van der Waals surface area contributed by atoms with Crippen molar-refractivity contribution in [2.45, 2.75) is 4.90 Å². The summed E-state index contributed by atoms with van der Waals surface area (Å²) in [5, 5.41) is 3.95. The minimum atomic E-state index is -3.73. The SMILES string of the molecule is COc1cccc2sc(N3CCN(CCNC(=O)c4cccc(NS(=O)(=O)c5ccccc5)c4)CC3)nc12. The molecule has 1 saturated heterocycles. The van der Waals surface area contributed by atoms with E-state index in [0.717, 1.165) is 53.8 Å². The third kappa shape index (κ3) is 5.90. The molecule has 11 heteroatoms. The van der Waals surface area contributed by atoms with Gasteiger partial charge in [-0.05, 0) is 42.5 Å². The monoisotopic (exact) mass is 551 g/mol. The van der Waals surface area contributed by atoms with Crippen LogP contribution in [0.25, 0.3) is 10.2 Å². The predicted molar refractivity (Wildman–Crippen MR) is 151 cm³/mol. The number of sulfonamides is 1. The van der Waals surface area contributed by atoms with Gasteiger partial charge in [0, 0.05) is 50.5 Å². The van der Waals surface area contributed by atoms with Crippen LogP contribution in [-0.4, -0.2) is 70.6 Å². The normalized spacial score (nSPS) is 14.4. The zero-order valence-corrected chi connectivity index (χ0v) is 22.6. The maximum absolute atomic E-state index is 12.7. The van der Waals surface area contributed by atoms with Crippen molar-refractivity contribution < 1.29 is 17.9 Å². The van der Waals surface area contributed by atoms with E-state index in [-0.39, 0.29) is 10.8 Å². The number of rotatable bonds is 9. The first-order valence-electron chi connectivity index (χ1n) is 12.3. The van der Waals surface area contributed by atoms with Crippen molar-refractivity contribution in [2.24, 2.45) is 0 Å². The van der Waals surface area contributed by atoms with Crippen molar-refractivity contribution in [2.75, 3.05) is 56.0 Å².